The van der Waals surface area contributed by atoms with Crippen molar-refractivity contribution in [1.82, 2.24) is 0 Å². The second-order valence-corrected chi connectivity index (χ2v) is 8.57. The van der Waals surface area contributed by atoms with Crippen molar-refractivity contribution in [1.29, 1.82) is 0 Å². The van der Waals surface area contributed by atoms with Gasteiger partial charge in [0, 0.05) is 13.0 Å². The van der Waals surface area contributed by atoms with E-state index < -0.39 is 6.29 Å². The van der Waals surface area contributed by atoms with Gasteiger partial charge in [-0.25, -0.2) is 4.79 Å². The minimum atomic E-state index is -0.552. The first-order valence-electron chi connectivity index (χ1n) is 9.09. The van der Waals surface area contributed by atoms with Crippen molar-refractivity contribution in [2.75, 3.05) is 7.11 Å². The standard InChI is InChI=1S/C21H30O3/c1-14-7-10-17-20(2,3)11-6-12-21(17,4)16(14)9-8-15-13-18(23-5)24-19(15)22/h8-9,13,16-18H,1,6-7,10-12H2,2-5H3/b9-8+. The molecule has 2 aliphatic carbocycles. The van der Waals surface area contributed by atoms with Gasteiger partial charge in [0.2, 0.25) is 6.29 Å². The quantitative estimate of drug-likeness (QED) is 0.551. The Morgan fingerprint density at radius 1 is 1.33 bits per heavy atom. The van der Waals surface area contributed by atoms with Gasteiger partial charge < -0.3 is 9.47 Å². The van der Waals surface area contributed by atoms with E-state index in [4.69, 9.17) is 9.47 Å². The van der Waals surface area contributed by atoms with Crippen LogP contribution in [-0.2, 0) is 14.3 Å². The van der Waals surface area contributed by atoms with E-state index in [9.17, 15) is 4.79 Å². The Hall–Kier alpha value is -1.35. The van der Waals surface area contributed by atoms with Crippen molar-refractivity contribution in [3.63, 3.8) is 0 Å². The van der Waals surface area contributed by atoms with Crippen LogP contribution in [0.15, 0.2) is 36.0 Å². The van der Waals surface area contributed by atoms with Gasteiger partial charge in [0.1, 0.15) is 0 Å². The van der Waals surface area contributed by atoms with Gasteiger partial charge in [0.05, 0.1) is 5.57 Å². The van der Waals surface area contributed by atoms with Gasteiger partial charge >= 0.3 is 5.97 Å². The molecule has 0 saturated heterocycles. The molecule has 3 aliphatic rings. The zero-order valence-corrected chi connectivity index (χ0v) is 15.4. The molecular formula is C21H30O3. The molecule has 132 valence electrons. The first kappa shape index (κ1) is 17.5. The number of hydrogen-bond donors (Lipinski definition) is 0. The van der Waals surface area contributed by atoms with E-state index in [1.165, 1.54) is 31.3 Å². The lowest BCUT2D eigenvalue weighted by Gasteiger charge is -2.57. The molecule has 2 saturated carbocycles. The van der Waals surface area contributed by atoms with Gasteiger partial charge in [-0.2, -0.15) is 0 Å². The van der Waals surface area contributed by atoms with E-state index in [0.717, 1.165) is 6.42 Å². The summed E-state index contributed by atoms with van der Waals surface area (Å²) in [6.07, 6.45) is 11.5. The van der Waals surface area contributed by atoms with Crippen LogP contribution in [0.3, 0.4) is 0 Å². The van der Waals surface area contributed by atoms with Crippen molar-refractivity contribution in [2.24, 2.45) is 22.7 Å². The van der Waals surface area contributed by atoms with Gasteiger partial charge in [-0.1, -0.05) is 51.5 Å². The molecule has 0 amide bonds. The molecule has 24 heavy (non-hydrogen) atoms. The highest BCUT2D eigenvalue weighted by Gasteiger charge is 2.52. The molecule has 0 spiro atoms. The average Bonchev–Trinajstić information content (AvgIpc) is 2.86. The maximum absolute atomic E-state index is 11.9. The van der Waals surface area contributed by atoms with Crippen LogP contribution in [0, 0.1) is 22.7 Å². The third-order valence-electron chi connectivity index (χ3n) is 6.66. The molecule has 0 N–H and O–H groups in total. The summed E-state index contributed by atoms with van der Waals surface area (Å²) < 4.78 is 10.2. The predicted molar refractivity (Wildman–Crippen MR) is 95.2 cm³/mol. The largest absolute Gasteiger partial charge is 0.428 e. The molecule has 3 rings (SSSR count). The van der Waals surface area contributed by atoms with Crippen LogP contribution in [0.1, 0.15) is 52.9 Å². The number of hydrogen-bond acceptors (Lipinski definition) is 3. The smallest absolute Gasteiger partial charge is 0.340 e. The van der Waals surface area contributed by atoms with Crippen molar-refractivity contribution in [3.05, 3.63) is 36.0 Å². The number of ether oxygens (including phenoxy) is 2. The molecular weight excluding hydrogens is 300 g/mol. The summed E-state index contributed by atoms with van der Waals surface area (Å²) in [4.78, 5) is 11.9. The Morgan fingerprint density at radius 2 is 2.08 bits per heavy atom. The lowest BCUT2D eigenvalue weighted by Crippen LogP contribution is -2.48. The highest BCUT2D eigenvalue weighted by Crippen LogP contribution is 2.61. The Balaban J connectivity index is 1.87. The first-order chi connectivity index (χ1) is 11.3. The maximum Gasteiger partial charge on any atom is 0.340 e. The fourth-order valence-corrected chi connectivity index (χ4v) is 5.43. The third-order valence-corrected chi connectivity index (χ3v) is 6.66. The number of cyclic esters (lactones) is 1. The first-order valence-corrected chi connectivity index (χ1v) is 9.09. The van der Waals surface area contributed by atoms with E-state index in [0.29, 0.717) is 22.8 Å². The summed E-state index contributed by atoms with van der Waals surface area (Å²) in [6.45, 7) is 11.6. The van der Waals surface area contributed by atoms with Gasteiger partial charge in [-0.15, -0.1) is 0 Å². The second-order valence-electron chi connectivity index (χ2n) is 8.57. The summed E-state index contributed by atoms with van der Waals surface area (Å²) in [5.41, 5.74) is 2.51. The molecule has 1 heterocycles. The fraction of sp³-hybridized carbons (Fsp3) is 0.667. The molecule has 0 bridgehead atoms. The zero-order chi connectivity index (χ0) is 17.5. The number of esters is 1. The Labute approximate surface area is 145 Å². The van der Waals surface area contributed by atoms with Crippen molar-refractivity contribution in [2.45, 2.75) is 59.2 Å². The van der Waals surface area contributed by atoms with E-state index in [1.807, 2.05) is 6.08 Å². The van der Waals surface area contributed by atoms with Gasteiger partial charge in [-0.3, -0.25) is 0 Å². The summed E-state index contributed by atoms with van der Waals surface area (Å²) in [5, 5.41) is 0. The molecule has 0 aromatic carbocycles. The Kier molecular flexibility index (Phi) is 4.50. The van der Waals surface area contributed by atoms with E-state index >= 15 is 0 Å². The van der Waals surface area contributed by atoms with Crippen LogP contribution in [0.5, 0.6) is 0 Å². The zero-order valence-electron chi connectivity index (χ0n) is 15.4. The Morgan fingerprint density at radius 3 is 2.75 bits per heavy atom. The molecule has 0 aromatic rings. The van der Waals surface area contributed by atoms with Crippen LogP contribution in [-0.4, -0.2) is 19.4 Å². The predicted octanol–water partition coefficient (Wildman–Crippen LogP) is 4.80. The lowest BCUT2D eigenvalue weighted by atomic mass is 9.47. The second kappa shape index (κ2) is 6.18. The van der Waals surface area contributed by atoms with E-state index in [1.54, 1.807) is 13.2 Å². The number of carbonyl (C=O) groups is 1. The molecule has 3 nitrogen and oxygen atoms in total. The normalized spacial score (nSPS) is 38.8. The minimum absolute atomic E-state index is 0.233. The van der Waals surface area contributed by atoms with Crippen LogP contribution < -0.4 is 0 Å². The molecule has 0 radical (unpaired) electrons. The van der Waals surface area contributed by atoms with Gasteiger partial charge in [0.15, 0.2) is 0 Å². The molecule has 4 unspecified atom stereocenters. The van der Waals surface area contributed by atoms with E-state index in [2.05, 4.69) is 33.4 Å². The highest BCUT2D eigenvalue weighted by molar-refractivity contribution is 5.93. The molecule has 4 atom stereocenters. The molecule has 3 heteroatoms. The highest BCUT2D eigenvalue weighted by atomic mass is 16.7. The van der Waals surface area contributed by atoms with Crippen molar-refractivity contribution >= 4 is 5.97 Å². The van der Waals surface area contributed by atoms with Crippen LogP contribution >= 0.6 is 0 Å². The maximum atomic E-state index is 11.9. The van der Waals surface area contributed by atoms with Gasteiger partial charge in [-0.05, 0) is 48.5 Å². The SMILES string of the molecule is C=C1CCC2C(C)(C)CCCC2(C)C1/C=C/C1=CC(OC)OC1=O. The van der Waals surface area contributed by atoms with Gasteiger partial charge in [0.25, 0.3) is 0 Å². The average molecular weight is 330 g/mol. The summed E-state index contributed by atoms with van der Waals surface area (Å²) in [5.74, 6) is 0.728. The van der Waals surface area contributed by atoms with E-state index in [-0.39, 0.29) is 11.4 Å². The topological polar surface area (TPSA) is 35.5 Å². The Bertz CT molecular complexity index is 598. The molecule has 0 aromatic heterocycles. The van der Waals surface area contributed by atoms with Crippen LogP contribution in [0.2, 0.25) is 0 Å². The monoisotopic (exact) mass is 330 g/mol. The number of carbonyl (C=O) groups excluding carboxylic acids is 1. The number of allylic oxidation sites excluding steroid dienone is 2. The number of rotatable bonds is 3. The third kappa shape index (κ3) is 2.88. The summed E-state index contributed by atoms with van der Waals surface area (Å²) >= 11 is 0. The number of methoxy groups -OCH3 is 1. The number of fused-ring (bicyclic) bond motifs is 1. The summed E-state index contributed by atoms with van der Waals surface area (Å²) in [7, 11) is 1.54. The van der Waals surface area contributed by atoms with Crippen molar-refractivity contribution in [3.8, 4) is 0 Å². The fourth-order valence-electron chi connectivity index (χ4n) is 5.43. The lowest BCUT2D eigenvalue weighted by molar-refractivity contribution is -0.154. The van der Waals surface area contributed by atoms with Crippen molar-refractivity contribution < 1.29 is 14.3 Å². The van der Waals surface area contributed by atoms with Crippen LogP contribution in [0.25, 0.3) is 0 Å². The molecule has 1 aliphatic heterocycles. The molecule has 2 fully saturated rings. The van der Waals surface area contributed by atoms with Crippen LogP contribution in [0.4, 0.5) is 0 Å². The summed E-state index contributed by atoms with van der Waals surface area (Å²) in [6, 6.07) is 0. The minimum Gasteiger partial charge on any atom is -0.428 e.